The molecule has 1 aliphatic carbocycles. The van der Waals surface area contributed by atoms with Gasteiger partial charge in [-0.25, -0.2) is 9.78 Å². The van der Waals surface area contributed by atoms with E-state index in [1.807, 2.05) is 29.2 Å². The van der Waals surface area contributed by atoms with Crippen molar-refractivity contribution in [3.05, 3.63) is 88.4 Å². The number of aromatic nitrogens is 2. The summed E-state index contributed by atoms with van der Waals surface area (Å²) >= 11 is 3.54. The zero-order valence-corrected chi connectivity index (χ0v) is 26.1. The molecule has 1 N–H and O–H groups in total. The molecule has 1 amide bonds. The zero-order chi connectivity index (χ0) is 30.2. The number of hydrogen-bond acceptors (Lipinski definition) is 4. The lowest BCUT2D eigenvalue weighted by Gasteiger charge is -2.28. The van der Waals surface area contributed by atoms with Gasteiger partial charge in [-0.1, -0.05) is 71.6 Å². The Morgan fingerprint density at radius 2 is 1.64 bits per heavy atom. The molecule has 0 atom stereocenters. The second-order valence-corrected chi connectivity index (χ2v) is 12.7. The number of hydrogen-bond donors (Lipinski definition) is 1. The molecule has 44 heavy (non-hydrogen) atoms. The number of pyridine rings is 1. The third-order valence-corrected chi connectivity index (χ3v) is 9.62. The van der Waals surface area contributed by atoms with Crippen LogP contribution in [0.15, 0.2) is 77.3 Å². The molecule has 0 radical (unpaired) electrons. The van der Waals surface area contributed by atoms with Crippen LogP contribution in [0.1, 0.15) is 53.9 Å². The van der Waals surface area contributed by atoms with Crippen molar-refractivity contribution in [3.8, 4) is 22.5 Å². The first kappa shape index (κ1) is 28.7. The zero-order valence-electron chi connectivity index (χ0n) is 24.5. The molecule has 5 aromatic rings. The van der Waals surface area contributed by atoms with Crippen molar-refractivity contribution in [2.75, 3.05) is 26.3 Å². The fourth-order valence-electron chi connectivity index (χ4n) is 6.89. The summed E-state index contributed by atoms with van der Waals surface area (Å²) < 4.78 is 8.59. The van der Waals surface area contributed by atoms with E-state index < -0.39 is 5.97 Å². The van der Waals surface area contributed by atoms with Gasteiger partial charge in [0.25, 0.3) is 0 Å². The van der Waals surface area contributed by atoms with E-state index in [1.165, 1.54) is 24.8 Å². The van der Waals surface area contributed by atoms with Crippen LogP contribution in [0.25, 0.3) is 44.3 Å². The van der Waals surface area contributed by atoms with Crippen molar-refractivity contribution < 1.29 is 19.4 Å². The molecule has 224 valence electrons. The van der Waals surface area contributed by atoms with Crippen LogP contribution in [0.3, 0.4) is 0 Å². The van der Waals surface area contributed by atoms with E-state index in [0.29, 0.717) is 32.2 Å². The van der Waals surface area contributed by atoms with Crippen molar-refractivity contribution in [3.63, 3.8) is 0 Å². The van der Waals surface area contributed by atoms with E-state index in [4.69, 9.17) is 9.72 Å². The summed E-state index contributed by atoms with van der Waals surface area (Å²) in [6.45, 7) is 2.33. The van der Waals surface area contributed by atoms with Gasteiger partial charge in [-0.15, -0.1) is 0 Å². The minimum Gasteiger partial charge on any atom is -0.478 e. The number of morpholine rings is 1. The van der Waals surface area contributed by atoms with Gasteiger partial charge < -0.3 is 19.3 Å². The van der Waals surface area contributed by atoms with Gasteiger partial charge in [0, 0.05) is 33.9 Å². The van der Waals surface area contributed by atoms with Crippen molar-refractivity contribution in [1.82, 2.24) is 14.5 Å². The number of carbonyl (C=O) groups excluding carboxylic acids is 1. The van der Waals surface area contributed by atoms with Crippen LogP contribution >= 0.6 is 15.9 Å². The lowest BCUT2D eigenvalue weighted by atomic mass is 9.81. The smallest absolute Gasteiger partial charge is 0.335 e. The van der Waals surface area contributed by atoms with Gasteiger partial charge in [0.1, 0.15) is 6.54 Å². The maximum Gasteiger partial charge on any atom is 0.335 e. The van der Waals surface area contributed by atoms with E-state index in [1.54, 1.807) is 12.1 Å². The number of benzene rings is 3. The van der Waals surface area contributed by atoms with E-state index in [-0.39, 0.29) is 18.0 Å². The van der Waals surface area contributed by atoms with Gasteiger partial charge in [-0.2, -0.15) is 0 Å². The maximum absolute atomic E-state index is 13.7. The molecule has 0 unspecified atom stereocenters. The predicted molar refractivity (Wildman–Crippen MR) is 176 cm³/mol. The first-order valence-corrected chi connectivity index (χ1v) is 16.2. The van der Waals surface area contributed by atoms with Crippen LogP contribution < -0.4 is 0 Å². The summed E-state index contributed by atoms with van der Waals surface area (Å²) in [6, 6.07) is 24.0. The van der Waals surface area contributed by atoms with Crippen LogP contribution in [0, 0.1) is 0 Å². The molecule has 0 bridgehead atoms. The van der Waals surface area contributed by atoms with Gasteiger partial charge >= 0.3 is 5.97 Å². The number of aromatic carboxylic acids is 1. The standard InChI is InChI=1S/C36H34BrN3O4/c37-28-12-15-31-26(20-28)11-14-30(38-31)23-6-8-25(9-7-23)35-34(24-4-2-1-3-5-24)29-13-10-27(36(42)43)21-32(29)40(35)22-33(41)39-16-18-44-19-17-39/h6-15,20-21,24H,1-5,16-19,22H2,(H,42,43). The molecule has 2 fully saturated rings. The number of nitrogens with zero attached hydrogens (tertiary/aromatic N) is 3. The van der Waals surface area contributed by atoms with E-state index >= 15 is 0 Å². The maximum atomic E-state index is 13.7. The monoisotopic (exact) mass is 651 g/mol. The lowest BCUT2D eigenvalue weighted by molar-refractivity contribution is -0.135. The summed E-state index contributed by atoms with van der Waals surface area (Å²) in [5.41, 5.74) is 7.13. The second kappa shape index (κ2) is 12.2. The molecule has 7 nitrogen and oxygen atoms in total. The Labute approximate surface area is 264 Å². The number of halogens is 1. The summed E-state index contributed by atoms with van der Waals surface area (Å²) in [4.78, 5) is 32.5. The molecule has 0 spiro atoms. The topological polar surface area (TPSA) is 84.7 Å². The van der Waals surface area contributed by atoms with Crippen molar-refractivity contribution >= 4 is 49.6 Å². The highest BCUT2D eigenvalue weighted by Gasteiger charge is 2.29. The van der Waals surface area contributed by atoms with Crippen LogP contribution in [0.4, 0.5) is 0 Å². The SMILES string of the molecule is O=C(O)c1ccc2c(C3CCCCC3)c(-c3ccc(-c4ccc5cc(Br)ccc5n4)cc3)n(CC(=O)N3CCOCC3)c2c1. The third kappa shape index (κ3) is 5.53. The molecule has 1 aliphatic heterocycles. The van der Waals surface area contributed by atoms with Gasteiger partial charge in [-0.05, 0) is 66.3 Å². The highest BCUT2D eigenvalue weighted by Crippen LogP contribution is 2.44. The van der Waals surface area contributed by atoms with Gasteiger partial charge in [0.15, 0.2) is 0 Å². The van der Waals surface area contributed by atoms with Crippen LogP contribution in [0.2, 0.25) is 0 Å². The number of amides is 1. The Kier molecular flexibility index (Phi) is 7.95. The molecule has 1 saturated carbocycles. The van der Waals surface area contributed by atoms with Crippen molar-refractivity contribution in [1.29, 1.82) is 0 Å². The van der Waals surface area contributed by atoms with Gasteiger partial charge in [0.05, 0.1) is 41.2 Å². The Bertz CT molecular complexity index is 1870. The van der Waals surface area contributed by atoms with Crippen molar-refractivity contribution in [2.45, 2.75) is 44.6 Å². The lowest BCUT2D eigenvalue weighted by Crippen LogP contribution is -2.42. The molecule has 7 rings (SSSR count). The Balaban J connectivity index is 1.37. The van der Waals surface area contributed by atoms with E-state index in [9.17, 15) is 14.7 Å². The molecule has 1 saturated heterocycles. The van der Waals surface area contributed by atoms with Crippen LogP contribution in [0.5, 0.6) is 0 Å². The number of fused-ring (bicyclic) bond motifs is 2. The second-order valence-electron chi connectivity index (χ2n) is 11.8. The summed E-state index contributed by atoms with van der Waals surface area (Å²) in [6.07, 6.45) is 5.73. The van der Waals surface area contributed by atoms with Crippen LogP contribution in [-0.4, -0.2) is 57.7 Å². The molecule has 3 heterocycles. The summed E-state index contributed by atoms with van der Waals surface area (Å²) in [5.74, 6) is -0.608. The van der Waals surface area contributed by atoms with Crippen LogP contribution in [-0.2, 0) is 16.1 Å². The van der Waals surface area contributed by atoms with E-state index in [0.717, 1.165) is 61.6 Å². The number of carboxylic acids is 1. The minimum atomic E-state index is -0.973. The molecular weight excluding hydrogens is 618 g/mol. The number of carbonyl (C=O) groups is 2. The quantitative estimate of drug-likeness (QED) is 0.202. The fourth-order valence-corrected chi connectivity index (χ4v) is 7.27. The predicted octanol–water partition coefficient (Wildman–Crippen LogP) is 7.89. The Morgan fingerprint density at radius 1 is 0.886 bits per heavy atom. The number of carboxylic acid groups (broad SMARTS) is 1. The first-order chi connectivity index (χ1) is 21.5. The average Bonchev–Trinajstić information content (AvgIpc) is 3.38. The molecule has 2 aromatic heterocycles. The molecular formula is C36H34BrN3O4. The van der Waals surface area contributed by atoms with Crippen molar-refractivity contribution in [2.24, 2.45) is 0 Å². The average molecular weight is 653 g/mol. The summed E-state index contributed by atoms with van der Waals surface area (Å²) in [7, 11) is 0. The highest BCUT2D eigenvalue weighted by atomic mass is 79.9. The summed E-state index contributed by atoms with van der Waals surface area (Å²) in [5, 5.41) is 12.0. The highest BCUT2D eigenvalue weighted by molar-refractivity contribution is 9.10. The number of ether oxygens (including phenoxy) is 1. The van der Waals surface area contributed by atoms with Gasteiger partial charge in [0.2, 0.25) is 5.91 Å². The third-order valence-electron chi connectivity index (χ3n) is 9.13. The fraction of sp³-hybridized carbons (Fsp3) is 0.306. The molecule has 2 aliphatic rings. The Morgan fingerprint density at radius 3 is 2.39 bits per heavy atom. The normalized spacial score (nSPS) is 16.1. The number of rotatable bonds is 6. The van der Waals surface area contributed by atoms with E-state index in [2.05, 4.69) is 56.9 Å². The molecule has 3 aromatic carbocycles. The molecule has 8 heteroatoms. The minimum absolute atomic E-state index is 0.0194. The first-order valence-electron chi connectivity index (χ1n) is 15.4. The largest absolute Gasteiger partial charge is 0.478 e. The van der Waals surface area contributed by atoms with Gasteiger partial charge in [-0.3, -0.25) is 4.79 Å². The Hall–Kier alpha value is -4.01.